The van der Waals surface area contributed by atoms with Gasteiger partial charge in [-0.1, -0.05) is 67.3 Å². The van der Waals surface area contributed by atoms with Gasteiger partial charge in [0.1, 0.15) is 10.9 Å². The van der Waals surface area contributed by atoms with Crippen LogP contribution in [-0.2, 0) is 16.0 Å². The standard InChI is InChI=1S/C21H18N2O4S2/c1-2-13-3-5-14(6-4-13)11-17-19(25)23(21(28)29-17)12-18(24)22-16-9-7-15(8-10-16)20(26)27/h3-11H,2,12H2,1H3,(H,22,24)(H,26,27)/p-1. The Bertz CT molecular complexity index is 998. The number of aromatic carboxylic acids is 1. The van der Waals surface area contributed by atoms with Crippen LogP contribution < -0.4 is 10.4 Å². The highest BCUT2D eigenvalue weighted by molar-refractivity contribution is 8.26. The molecular formula is C21H17N2O4S2-. The van der Waals surface area contributed by atoms with Crippen LogP contribution in [0.3, 0.4) is 0 Å². The van der Waals surface area contributed by atoms with Crippen molar-refractivity contribution in [1.29, 1.82) is 0 Å². The molecule has 0 atom stereocenters. The fraction of sp³-hybridized carbons (Fsp3) is 0.143. The zero-order valence-electron chi connectivity index (χ0n) is 15.5. The van der Waals surface area contributed by atoms with Crippen molar-refractivity contribution in [1.82, 2.24) is 4.90 Å². The Hall–Kier alpha value is -2.97. The van der Waals surface area contributed by atoms with Crippen molar-refractivity contribution in [3.8, 4) is 0 Å². The third-order valence-corrected chi connectivity index (χ3v) is 5.64. The molecule has 1 heterocycles. The molecular weight excluding hydrogens is 408 g/mol. The summed E-state index contributed by atoms with van der Waals surface area (Å²) in [5, 5.41) is 13.4. The van der Waals surface area contributed by atoms with Gasteiger partial charge >= 0.3 is 0 Å². The summed E-state index contributed by atoms with van der Waals surface area (Å²) in [5.74, 6) is -2.05. The van der Waals surface area contributed by atoms with Crippen molar-refractivity contribution < 1.29 is 19.5 Å². The first kappa shape index (κ1) is 20.8. The van der Waals surface area contributed by atoms with Crippen LogP contribution in [0.5, 0.6) is 0 Å². The van der Waals surface area contributed by atoms with E-state index in [1.807, 2.05) is 24.3 Å². The SMILES string of the molecule is CCc1ccc(C=C2SC(=S)N(CC(=O)Nc3ccc(C(=O)[O-])cc3)C2=O)cc1. The molecule has 2 aromatic carbocycles. The number of benzene rings is 2. The molecule has 0 unspecified atom stereocenters. The molecule has 0 bridgehead atoms. The molecule has 8 heteroatoms. The zero-order valence-corrected chi connectivity index (χ0v) is 17.1. The number of anilines is 1. The lowest BCUT2D eigenvalue weighted by molar-refractivity contribution is -0.255. The van der Waals surface area contributed by atoms with Gasteiger partial charge in [-0.2, -0.15) is 0 Å². The van der Waals surface area contributed by atoms with Gasteiger partial charge in [0.25, 0.3) is 5.91 Å². The van der Waals surface area contributed by atoms with E-state index in [0.29, 0.717) is 14.9 Å². The van der Waals surface area contributed by atoms with Crippen LogP contribution in [-0.4, -0.2) is 33.5 Å². The minimum Gasteiger partial charge on any atom is -0.545 e. The van der Waals surface area contributed by atoms with Crippen LogP contribution >= 0.6 is 24.0 Å². The summed E-state index contributed by atoms with van der Waals surface area (Å²) in [6, 6.07) is 13.5. The molecule has 2 amide bonds. The molecule has 1 saturated heterocycles. The van der Waals surface area contributed by atoms with Crippen LogP contribution in [0.25, 0.3) is 6.08 Å². The minimum atomic E-state index is -1.29. The normalized spacial score (nSPS) is 15.1. The van der Waals surface area contributed by atoms with E-state index in [4.69, 9.17) is 12.2 Å². The number of hydrogen-bond donors (Lipinski definition) is 1. The van der Waals surface area contributed by atoms with Crippen molar-refractivity contribution in [3.63, 3.8) is 0 Å². The maximum absolute atomic E-state index is 12.6. The molecule has 1 aliphatic heterocycles. The number of carbonyl (C=O) groups excluding carboxylic acids is 3. The quantitative estimate of drug-likeness (QED) is 0.565. The van der Waals surface area contributed by atoms with Gasteiger partial charge in [0.2, 0.25) is 5.91 Å². The number of hydrogen-bond acceptors (Lipinski definition) is 6. The lowest BCUT2D eigenvalue weighted by Crippen LogP contribution is -2.36. The molecule has 148 valence electrons. The van der Waals surface area contributed by atoms with E-state index in [2.05, 4.69) is 12.2 Å². The largest absolute Gasteiger partial charge is 0.545 e. The molecule has 1 N–H and O–H groups in total. The summed E-state index contributed by atoms with van der Waals surface area (Å²) in [7, 11) is 0. The van der Waals surface area contributed by atoms with E-state index in [1.165, 1.54) is 34.7 Å². The summed E-state index contributed by atoms with van der Waals surface area (Å²) in [6.07, 6.45) is 2.70. The fourth-order valence-electron chi connectivity index (χ4n) is 2.67. The van der Waals surface area contributed by atoms with Crippen molar-refractivity contribution in [2.45, 2.75) is 13.3 Å². The number of aryl methyl sites for hydroxylation is 1. The van der Waals surface area contributed by atoms with Crippen LogP contribution in [0.2, 0.25) is 0 Å². The average Bonchev–Trinajstić information content (AvgIpc) is 2.96. The molecule has 0 radical (unpaired) electrons. The Balaban J connectivity index is 1.65. The molecule has 29 heavy (non-hydrogen) atoms. The van der Waals surface area contributed by atoms with Crippen LogP contribution in [0.15, 0.2) is 53.4 Å². The van der Waals surface area contributed by atoms with E-state index in [1.54, 1.807) is 6.08 Å². The Morgan fingerprint density at radius 2 is 1.79 bits per heavy atom. The van der Waals surface area contributed by atoms with Gasteiger partial charge in [0.05, 0.1) is 10.9 Å². The zero-order chi connectivity index (χ0) is 21.0. The molecule has 0 aromatic heterocycles. The van der Waals surface area contributed by atoms with Gasteiger partial charge in [-0.15, -0.1) is 0 Å². The summed E-state index contributed by atoms with van der Waals surface area (Å²) in [4.78, 5) is 37.4. The Morgan fingerprint density at radius 3 is 2.38 bits per heavy atom. The summed E-state index contributed by atoms with van der Waals surface area (Å²) < 4.78 is 0.314. The number of rotatable bonds is 6. The van der Waals surface area contributed by atoms with Crippen LogP contribution in [0, 0.1) is 0 Å². The first-order chi connectivity index (χ1) is 13.9. The topological polar surface area (TPSA) is 89.5 Å². The number of thioether (sulfide) groups is 1. The van der Waals surface area contributed by atoms with Crippen LogP contribution in [0.4, 0.5) is 5.69 Å². The van der Waals surface area contributed by atoms with Gasteiger partial charge in [0.15, 0.2) is 0 Å². The van der Waals surface area contributed by atoms with Crippen molar-refractivity contribution >= 4 is 57.8 Å². The second kappa shape index (κ2) is 9.02. The summed E-state index contributed by atoms with van der Waals surface area (Å²) >= 11 is 6.41. The smallest absolute Gasteiger partial charge is 0.266 e. The van der Waals surface area contributed by atoms with Gasteiger partial charge in [-0.25, -0.2) is 0 Å². The second-order valence-electron chi connectivity index (χ2n) is 6.28. The van der Waals surface area contributed by atoms with E-state index in [-0.39, 0.29) is 18.0 Å². The first-order valence-corrected chi connectivity index (χ1v) is 10.1. The van der Waals surface area contributed by atoms with Gasteiger partial charge in [-0.3, -0.25) is 14.5 Å². The van der Waals surface area contributed by atoms with Gasteiger partial charge in [0, 0.05) is 5.69 Å². The highest BCUT2D eigenvalue weighted by Gasteiger charge is 2.33. The highest BCUT2D eigenvalue weighted by Crippen LogP contribution is 2.32. The first-order valence-electron chi connectivity index (χ1n) is 8.83. The van der Waals surface area contributed by atoms with Crippen molar-refractivity contribution in [2.24, 2.45) is 0 Å². The number of nitrogens with zero attached hydrogens (tertiary/aromatic N) is 1. The Morgan fingerprint density at radius 1 is 1.14 bits per heavy atom. The molecule has 6 nitrogen and oxygen atoms in total. The minimum absolute atomic E-state index is 0.0112. The number of amides is 2. The molecule has 0 spiro atoms. The second-order valence-corrected chi connectivity index (χ2v) is 7.95. The maximum atomic E-state index is 12.6. The van der Waals surface area contributed by atoms with E-state index in [0.717, 1.165) is 23.7 Å². The van der Waals surface area contributed by atoms with Gasteiger partial charge < -0.3 is 15.2 Å². The predicted octanol–water partition coefficient (Wildman–Crippen LogP) is 2.45. The lowest BCUT2D eigenvalue weighted by atomic mass is 10.1. The van der Waals surface area contributed by atoms with E-state index in [9.17, 15) is 19.5 Å². The summed E-state index contributed by atoms with van der Waals surface area (Å²) in [6.45, 7) is 1.85. The molecule has 0 aliphatic carbocycles. The number of nitrogens with one attached hydrogen (secondary N) is 1. The lowest BCUT2D eigenvalue weighted by Gasteiger charge is -2.14. The van der Waals surface area contributed by atoms with Crippen LogP contribution in [0.1, 0.15) is 28.4 Å². The predicted molar refractivity (Wildman–Crippen MR) is 115 cm³/mol. The number of carboxylic acid groups (broad SMARTS) is 1. The molecule has 1 aliphatic rings. The fourth-order valence-corrected chi connectivity index (χ4v) is 3.93. The maximum Gasteiger partial charge on any atom is 0.266 e. The molecule has 0 saturated carbocycles. The molecule has 2 aromatic rings. The van der Waals surface area contributed by atoms with E-state index < -0.39 is 11.9 Å². The molecule has 3 rings (SSSR count). The van der Waals surface area contributed by atoms with Gasteiger partial charge in [-0.05, 0) is 41.3 Å². The van der Waals surface area contributed by atoms with E-state index >= 15 is 0 Å². The third-order valence-electron chi connectivity index (χ3n) is 4.27. The number of thiocarbonyl (C=S) groups is 1. The average molecular weight is 426 g/mol. The van der Waals surface area contributed by atoms with Crippen molar-refractivity contribution in [3.05, 3.63) is 70.1 Å². The Kier molecular flexibility index (Phi) is 6.46. The van der Waals surface area contributed by atoms with Crippen molar-refractivity contribution in [2.75, 3.05) is 11.9 Å². The third kappa shape index (κ3) is 5.10. The Labute approximate surface area is 177 Å². The molecule has 1 fully saturated rings. The number of carbonyl (C=O) groups is 3. The number of carboxylic acids is 1. The monoisotopic (exact) mass is 425 g/mol. The highest BCUT2D eigenvalue weighted by atomic mass is 32.2. The summed E-state index contributed by atoms with van der Waals surface area (Å²) in [5.41, 5.74) is 2.52.